The van der Waals surface area contributed by atoms with Crippen molar-refractivity contribution in [2.24, 2.45) is 5.92 Å². The summed E-state index contributed by atoms with van der Waals surface area (Å²) >= 11 is 6.09. The normalized spacial score (nSPS) is 17.8. The van der Waals surface area contributed by atoms with Gasteiger partial charge >= 0.3 is 0 Å². The average molecular weight is 522 g/mol. The highest BCUT2D eigenvalue weighted by atomic mass is 35.5. The van der Waals surface area contributed by atoms with Gasteiger partial charge in [-0.25, -0.2) is 8.78 Å². The number of rotatable bonds is 3. The monoisotopic (exact) mass is 521 g/mol. The van der Waals surface area contributed by atoms with E-state index in [2.05, 4.69) is 10.6 Å². The summed E-state index contributed by atoms with van der Waals surface area (Å²) in [5, 5.41) is 6.10. The minimum absolute atomic E-state index is 0.0897. The maximum absolute atomic E-state index is 14.3. The first kappa shape index (κ1) is 27.4. The van der Waals surface area contributed by atoms with E-state index in [0.717, 1.165) is 12.1 Å². The Kier molecular flexibility index (Phi) is 9.64. The number of halogens is 3. The number of amides is 3. The van der Waals surface area contributed by atoms with Crippen molar-refractivity contribution in [3.8, 4) is 5.75 Å². The van der Waals surface area contributed by atoms with Gasteiger partial charge in [0.05, 0.1) is 23.7 Å². The second-order valence-corrected chi connectivity index (χ2v) is 9.60. The molecular weight excluding hydrogens is 492 g/mol. The van der Waals surface area contributed by atoms with E-state index < -0.39 is 29.5 Å². The van der Waals surface area contributed by atoms with Crippen molar-refractivity contribution in [1.82, 2.24) is 15.5 Å². The van der Waals surface area contributed by atoms with Gasteiger partial charge in [-0.2, -0.15) is 0 Å². The molecule has 1 aliphatic heterocycles. The Morgan fingerprint density at radius 2 is 1.94 bits per heavy atom. The van der Waals surface area contributed by atoms with Crippen LogP contribution in [0.2, 0.25) is 5.02 Å². The van der Waals surface area contributed by atoms with Crippen molar-refractivity contribution in [2.45, 2.75) is 39.2 Å². The number of benzene rings is 2. The summed E-state index contributed by atoms with van der Waals surface area (Å²) in [5.41, 5.74) is -0.0274. The Balaban J connectivity index is 1.84. The fourth-order valence-electron chi connectivity index (χ4n) is 3.99. The summed E-state index contributed by atoms with van der Waals surface area (Å²) in [6.45, 7) is 4.23. The molecule has 1 aliphatic rings. The van der Waals surface area contributed by atoms with Crippen LogP contribution in [0.4, 0.5) is 8.78 Å². The number of nitrogens with zero attached hydrogens (tertiary/aromatic N) is 1. The minimum Gasteiger partial charge on any atom is -0.491 e. The second-order valence-electron chi connectivity index (χ2n) is 9.16. The fraction of sp³-hybridized carbons (Fsp3) is 0.423. The van der Waals surface area contributed by atoms with Gasteiger partial charge < -0.3 is 20.3 Å². The molecule has 2 aromatic rings. The first-order chi connectivity index (χ1) is 17.1. The molecule has 7 nitrogen and oxygen atoms in total. The number of ether oxygens (including phenoxy) is 1. The maximum atomic E-state index is 14.3. The first-order valence-electron chi connectivity index (χ1n) is 11.9. The quantitative estimate of drug-likeness (QED) is 0.634. The Labute approximate surface area is 214 Å². The number of hydrogen-bond acceptors (Lipinski definition) is 4. The lowest BCUT2D eigenvalue weighted by Gasteiger charge is -2.25. The third-order valence-electron chi connectivity index (χ3n) is 5.67. The van der Waals surface area contributed by atoms with Crippen molar-refractivity contribution in [3.63, 3.8) is 0 Å². The van der Waals surface area contributed by atoms with Gasteiger partial charge in [-0.3, -0.25) is 14.4 Å². The predicted octanol–water partition coefficient (Wildman–Crippen LogP) is 4.19. The van der Waals surface area contributed by atoms with Crippen molar-refractivity contribution in [3.05, 3.63) is 64.2 Å². The highest BCUT2D eigenvalue weighted by Gasteiger charge is 2.24. The summed E-state index contributed by atoms with van der Waals surface area (Å²) < 4.78 is 33.5. The van der Waals surface area contributed by atoms with Crippen molar-refractivity contribution >= 4 is 29.3 Å². The Bertz CT molecular complexity index is 1110. The van der Waals surface area contributed by atoms with Gasteiger partial charge in [0.25, 0.3) is 11.8 Å². The van der Waals surface area contributed by atoms with E-state index >= 15 is 0 Å². The summed E-state index contributed by atoms with van der Waals surface area (Å²) in [7, 11) is 0. The fourth-order valence-corrected chi connectivity index (χ4v) is 4.16. The van der Waals surface area contributed by atoms with Crippen LogP contribution in [0.15, 0.2) is 36.4 Å². The van der Waals surface area contributed by atoms with Crippen LogP contribution in [0.25, 0.3) is 0 Å². The number of nitrogens with one attached hydrogen (secondary N) is 2. The second kappa shape index (κ2) is 12.7. The molecule has 0 aromatic heterocycles. The third kappa shape index (κ3) is 7.65. The Morgan fingerprint density at radius 1 is 1.17 bits per heavy atom. The zero-order valence-electron chi connectivity index (χ0n) is 20.3. The molecule has 36 heavy (non-hydrogen) atoms. The van der Waals surface area contributed by atoms with Crippen LogP contribution in [0, 0.1) is 17.6 Å². The highest BCUT2D eigenvalue weighted by Crippen LogP contribution is 2.24. The van der Waals surface area contributed by atoms with Crippen molar-refractivity contribution in [1.29, 1.82) is 0 Å². The summed E-state index contributed by atoms with van der Waals surface area (Å²) in [5.74, 6) is -2.72. The molecule has 2 aromatic carbocycles. The van der Waals surface area contributed by atoms with Crippen LogP contribution in [-0.2, 0) is 4.79 Å². The molecule has 0 bridgehead atoms. The van der Waals surface area contributed by atoms with Gasteiger partial charge in [0.2, 0.25) is 5.91 Å². The van der Waals surface area contributed by atoms with Gasteiger partial charge in [-0.1, -0.05) is 25.4 Å². The molecule has 3 amide bonds. The minimum atomic E-state index is -0.994. The van der Waals surface area contributed by atoms with Crippen LogP contribution in [0.1, 0.15) is 53.8 Å². The van der Waals surface area contributed by atoms with E-state index in [0.29, 0.717) is 42.6 Å². The van der Waals surface area contributed by atoms with Crippen LogP contribution < -0.4 is 15.4 Å². The molecule has 0 fully saturated rings. The zero-order chi connectivity index (χ0) is 26.2. The molecule has 0 radical (unpaired) electrons. The van der Waals surface area contributed by atoms with Gasteiger partial charge in [0.15, 0.2) is 0 Å². The molecule has 194 valence electrons. The van der Waals surface area contributed by atoms with Gasteiger partial charge in [-0.05, 0) is 55.5 Å². The molecule has 10 heteroatoms. The summed E-state index contributed by atoms with van der Waals surface area (Å²) in [6.07, 6.45) is 1.52. The Morgan fingerprint density at radius 3 is 2.67 bits per heavy atom. The number of hydrogen-bond donors (Lipinski definition) is 2. The smallest absolute Gasteiger partial charge is 0.257 e. The number of carbonyl (C=O) groups is 3. The van der Waals surface area contributed by atoms with E-state index in [4.69, 9.17) is 16.3 Å². The largest absolute Gasteiger partial charge is 0.491 e. The van der Waals surface area contributed by atoms with Crippen LogP contribution in [0.3, 0.4) is 0 Å². The first-order valence-corrected chi connectivity index (χ1v) is 12.3. The maximum Gasteiger partial charge on any atom is 0.257 e. The van der Waals surface area contributed by atoms with Gasteiger partial charge in [-0.15, -0.1) is 0 Å². The van der Waals surface area contributed by atoms with Gasteiger partial charge in [0.1, 0.15) is 24.0 Å². The van der Waals surface area contributed by atoms with E-state index in [1.165, 1.54) is 11.0 Å². The molecule has 1 heterocycles. The van der Waals surface area contributed by atoms with Gasteiger partial charge in [0, 0.05) is 24.2 Å². The van der Waals surface area contributed by atoms with Crippen molar-refractivity contribution in [2.75, 3.05) is 26.2 Å². The van der Waals surface area contributed by atoms with Crippen LogP contribution in [0.5, 0.6) is 5.75 Å². The molecular formula is C26H30ClF2N3O4. The molecule has 3 rings (SSSR count). The molecule has 2 N–H and O–H groups in total. The highest BCUT2D eigenvalue weighted by molar-refractivity contribution is 6.31. The SMILES string of the molecule is CC(C)C[C@H]1COc2ccc(Cl)cc2C(=O)NCCCCN(C(=O)c2ccc(F)cc2F)CC(=O)N1. The van der Waals surface area contributed by atoms with Crippen molar-refractivity contribution < 1.29 is 27.9 Å². The van der Waals surface area contributed by atoms with E-state index in [9.17, 15) is 23.2 Å². The summed E-state index contributed by atoms with van der Waals surface area (Å²) in [6, 6.07) is 7.05. The van der Waals surface area contributed by atoms with Crippen LogP contribution >= 0.6 is 11.6 Å². The third-order valence-corrected chi connectivity index (χ3v) is 5.91. The van der Waals surface area contributed by atoms with E-state index in [-0.39, 0.29) is 42.6 Å². The predicted molar refractivity (Wildman–Crippen MR) is 132 cm³/mol. The van der Waals surface area contributed by atoms with E-state index in [1.54, 1.807) is 12.1 Å². The molecule has 1 atom stereocenters. The lowest BCUT2D eigenvalue weighted by Crippen LogP contribution is -2.47. The molecule has 0 spiro atoms. The lowest BCUT2D eigenvalue weighted by atomic mass is 10.0. The molecule has 0 aliphatic carbocycles. The average Bonchev–Trinajstić information content (AvgIpc) is 2.81. The molecule has 0 saturated carbocycles. The Hall–Kier alpha value is -3.20. The molecule has 0 saturated heterocycles. The van der Waals surface area contributed by atoms with Crippen LogP contribution in [-0.4, -0.2) is 54.9 Å². The zero-order valence-corrected chi connectivity index (χ0v) is 21.0. The molecule has 0 unspecified atom stereocenters. The number of fused-ring (bicyclic) bond motifs is 1. The standard InChI is InChI=1S/C26H30ClF2N3O4/c1-16(2)11-19-15-36-23-8-5-17(27)12-21(23)25(34)30-9-3-4-10-32(14-24(33)31-19)26(35)20-7-6-18(28)13-22(20)29/h5-8,12-13,16,19H,3-4,9-11,14-15H2,1-2H3,(H,30,34)(H,31,33)/t19-/m0/s1. The summed E-state index contributed by atoms with van der Waals surface area (Å²) in [4.78, 5) is 40.0. The van der Waals surface area contributed by atoms with E-state index in [1.807, 2.05) is 13.8 Å². The lowest BCUT2D eigenvalue weighted by molar-refractivity contribution is -0.122. The topological polar surface area (TPSA) is 87.7 Å². The number of carbonyl (C=O) groups excluding carboxylic acids is 3.